The lowest BCUT2D eigenvalue weighted by Crippen LogP contribution is -2.36. The quantitative estimate of drug-likeness (QED) is 0.853. The van der Waals surface area contributed by atoms with E-state index in [0.29, 0.717) is 4.90 Å². The molecular formula is C13H19N3O2S. The van der Waals surface area contributed by atoms with Crippen LogP contribution in [0.15, 0.2) is 23.1 Å². The molecule has 1 atom stereocenters. The summed E-state index contributed by atoms with van der Waals surface area (Å²) in [6.45, 7) is 2.62. The zero-order chi connectivity index (χ0) is 13.5. The molecule has 6 heteroatoms. The van der Waals surface area contributed by atoms with Crippen molar-refractivity contribution < 1.29 is 8.42 Å². The van der Waals surface area contributed by atoms with Crippen molar-refractivity contribution in [2.45, 2.75) is 23.8 Å². The standard InChI is InChI=1S/C13H19N3O2S/c1-16-7-5-11(9-16)15-19(17,18)12-2-3-13-10(8-12)4-6-14-13/h2-3,8,11,14-15H,4-7,9H2,1H3. The highest BCUT2D eigenvalue weighted by molar-refractivity contribution is 7.89. The summed E-state index contributed by atoms with van der Waals surface area (Å²) < 4.78 is 27.5. The predicted octanol–water partition coefficient (Wildman–Crippen LogP) is 0.637. The fourth-order valence-corrected chi connectivity index (χ4v) is 4.08. The number of nitrogens with zero attached hydrogens (tertiary/aromatic N) is 1. The number of nitrogens with one attached hydrogen (secondary N) is 2. The molecule has 0 bridgehead atoms. The van der Waals surface area contributed by atoms with Crippen molar-refractivity contribution in [2.75, 3.05) is 32.0 Å². The number of fused-ring (bicyclic) bond motifs is 1. The molecular weight excluding hydrogens is 262 g/mol. The summed E-state index contributed by atoms with van der Waals surface area (Å²) in [5.41, 5.74) is 2.14. The first kappa shape index (κ1) is 12.9. The van der Waals surface area contributed by atoms with Gasteiger partial charge >= 0.3 is 0 Å². The van der Waals surface area contributed by atoms with Crippen molar-refractivity contribution in [3.8, 4) is 0 Å². The van der Waals surface area contributed by atoms with Crippen LogP contribution in [-0.4, -0.2) is 46.0 Å². The number of likely N-dealkylation sites (N-methyl/N-ethyl adjacent to an activating group) is 1. The second-order valence-electron chi connectivity index (χ2n) is 5.36. The van der Waals surface area contributed by atoms with Gasteiger partial charge in [0.25, 0.3) is 0 Å². The Morgan fingerprint density at radius 1 is 1.42 bits per heavy atom. The monoisotopic (exact) mass is 281 g/mol. The first-order valence-electron chi connectivity index (χ1n) is 6.62. The Morgan fingerprint density at radius 3 is 3.00 bits per heavy atom. The molecule has 0 amide bonds. The van der Waals surface area contributed by atoms with Crippen LogP contribution in [0.1, 0.15) is 12.0 Å². The number of hydrogen-bond acceptors (Lipinski definition) is 4. The molecule has 2 heterocycles. The summed E-state index contributed by atoms with van der Waals surface area (Å²) in [6, 6.07) is 5.35. The van der Waals surface area contributed by atoms with E-state index in [2.05, 4.69) is 14.9 Å². The Balaban J connectivity index is 1.80. The minimum Gasteiger partial charge on any atom is -0.384 e. The molecule has 2 aliphatic heterocycles. The Bertz CT molecular complexity index is 586. The van der Waals surface area contributed by atoms with E-state index in [0.717, 1.165) is 43.7 Å². The van der Waals surface area contributed by atoms with Crippen LogP contribution in [0.25, 0.3) is 0 Å². The Labute approximate surface area is 114 Å². The molecule has 1 aromatic carbocycles. The van der Waals surface area contributed by atoms with Gasteiger partial charge in [0, 0.05) is 24.8 Å². The third-order valence-corrected chi connectivity index (χ3v) is 5.33. The summed E-state index contributed by atoms with van der Waals surface area (Å²) in [4.78, 5) is 2.52. The van der Waals surface area contributed by atoms with Crippen molar-refractivity contribution in [3.63, 3.8) is 0 Å². The van der Waals surface area contributed by atoms with Gasteiger partial charge in [-0.2, -0.15) is 0 Å². The third kappa shape index (κ3) is 2.61. The summed E-state index contributed by atoms with van der Waals surface area (Å²) in [6.07, 6.45) is 1.77. The van der Waals surface area contributed by atoms with Gasteiger partial charge in [-0.15, -0.1) is 0 Å². The van der Waals surface area contributed by atoms with Gasteiger partial charge in [-0.05, 0) is 50.2 Å². The van der Waals surface area contributed by atoms with E-state index in [4.69, 9.17) is 0 Å². The van der Waals surface area contributed by atoms with E-state index in [9.17, 15) is 8.42 Å². The molecule has 104 valence electrons. The molecule has 19 heavy (non-hydrogen) atoms. The summed E-state index contributed by atoms with van der Waals surface area (Å²) in [7, 11) is -1.38. The van der Waals surface area contributed by atoms with Crippen LogP contribution in [-0.2, 0) is 16.4 Å². The molecule has 1 fully saturated rings. The van der Waals surface area contributed by atoms with E-state index < -0.39 is 10.0 Å². The highest BCUT2D eigenvalue weighted by Crippen LogP contribution is 2.25. The van der Waals surface area contributed by atoms with Crippen molar-refractivity contribution in [1.82, 2.24) is 9.62 Å². The first-order valence-corrected chi connectivity index (χ1v) is 8.10. The van der Waals surface area contributed by atoms with Crippen molar-refractivity contribution in [1.29, 1.82) is 0 Å². The molecule has 2 aliphatic rings. The zero-order valence-corrected chi connectivity index (χ0v) is 11.8. The van der Waals surface area contributed by atoms with Gasteiger partial charge in [-0.1, -0.05) is 0 Å². The Hall–Kier alpha value is -1.11. The number of rotatable bonds is 3. The number of benzene rings is 1. The largest absolute Gasteiger partial charge is 0.384 e. The number of sulfonamides is 1. The van der Waals surface area contributed by atoms with E-state index >= 15 is 0 Å². The van der Waals surface area contributed by atoms with Crippen LogP contribution in [0.5, 0.6) is 0 Å². The second kappa shape index (κ2) is 4.77. The maximum atomic E-state index is 12.3. The number of likely N-dealkylation sites (tertiary alicyclic amines) is 1. The molecule has 1 aromatic rings. The Kier molecular flexibility index (Phi) is 3.24. The smallest absolute Gasteiger partial charge is 0.240 e. The van der Waals surface area contributed by atoms with Gasteiger partial charge in [0.2, 0.25) is 10.0 Å². The van der Waals surface area contributed by atoms with Gasteiger partial charge in [0.05, 0.1) is 4.90 Å². The highest BCUT2D eigenvalue weighted by atomic mass is 32.2. The zero-order valence-electron chi connectivity index (χ0n) is 11.0. The summed E-state index contributed by atoms with van der Waals surface area (Å²) in [5.74, 6) is 0. The van der Waals surface area contributed by atoms with E-state index in [1.807, 2.05) is 13.1 Å². The molecule has 2 N–H and O–H groups in total. The molecule has 1 unspecified atom stereocenters. The van der Waals surface area contributed by atoms with Crippen molar-refractivity contribution in [3.05, 3.63) is 23.8 Å². The van der Waals surface area contributed by atoms with Gasteiger partial charge in [-0.25, -0.2) is 13.1 Å². The number of hydrogen-bond donors (Lipinski definition) is 2. The summed E-state index contributed by atoms with van der Waals surface area (Å²) in [5, 5.41) is 3.24. The van der Waals surface area contributed by atoms with Crippen LogP contribution in [0.2, 0.25) is 0 Å². The lowest BCUT2D eigenvalue weighted by Gasteiger charge is -2.14. The molecule has 0 radical (unpaired) electrons. The topological polar surface area (TPSA) is 61.4 Å². The minimum atomic E-state index is -3.39. The lowest BCUT2D eigenvalue weighted by atomic mass is 10.2. The average molecular weight is 281 g/mol. The fourth-order valence-electron chi connectivity index (χ4n) is 2.77. The van der Waals surface area contributed by atoms with Crippen LogP contribution in [0.4, 0.5) is 5.69 Å². The van der Waals surface area contributed by atoms with E-state index in [-0.39, 0.29) is 6.04 Å². The predicted molar refractivity (Wildman–Crippen MR) is 74.9 cm³/mol. The maximum Gasteiger partial charge on any atom is 0.240 e. The first-order chi connectivity index (χ1) is 9.04. The third-order valence-electron chi connectivity index (χ3n) is 3.81. The van der Waals surface area contributed by atoms with Crippen molar-refractivity contribution >= 4 is 15.7 Å². The van der Waals surface area contributed by atoms with E-state index in [1.165, 1.54) is 0 Å². The van der Waals surface area contributed by atoms with Crippen LogP contribution < -0.4 is 10.0 Å². The van der Waals surface area contributed by atoms with Crippen LogP contribution >= 0.6 is 0 Å². The minimum absolute atomic E-state index is 0.0291. The molecule has 5 nitrogen and oxygen atoms in total. The molecule has 0 aromatic heterocycles. The van der Waals surface area contributed by atoms with Crippen LogP contribution in [0.3, 0.4) is 0 Å². The number of anilines is 1. The van der Waals surface area contributed by atoms with E-state index in [1.54, 1.807) is 12.1 Å². The molecule has 0 spiro atoms. The van der Waals surface area contributed by atoms with Gasteiger partial charge in [0.1, 0.15) is 0 Å². The van der Waals surface area contributed by atoms with Gasteiger partial charge in [-0.3, -0.25) is 0 Å². The molecule has 3 rings (SSSR count). The highest BCUT2D eigenvalue weighted by Gasteiger charge is 2.26. The Morgan fingerprint density at radius 2 is 2.26 bits per heavy atom. The fraction of sp³-hybridized carbons (Fsp3) is 0.538. The molecule has 1 saturated heterocycles. The molecule has 0 saturated carbocycles. The van der Waals surface area contributed by atoms with Gasteiger partial charge in [0.15, 0.2) is 0 Å². The van der Waals surface area contributed by atoms with Gasteiger partial charge < -0.3 is 10.2 Å². The average Bonchev–Trinajstić information content (AvgIpc) is 2.96. The normalized spacial score (nSPS) is 23.3. The molecule has 0 aliphatic carbocycles. The van der Waals surface area contributed by atoms with Crippen molar-refractivity contribution in [2.24, 2.45) is 0 Å². The second-order valence-corrected chi connectivity index (χ2v) is 7.08. The summed E-state index contributed by atoms with van der Waals surface area (Å²) >= 11 is 0. The maximum absolute atomic E-state index is 12.3. The lowest BCUT2D eigenvalue weighted by molar-refractivity contribution is 0.407. The SMILES string of the molecule is CN1CCC(NS(=O)(=O)c2ccc3c(c2)CCN3)C1. The van der Waals surface area contributed by atoms with Crippen LogP contribution in [0, 0.1) is 0 Å².